The van der Waals surface area contributed by atoms with Gasteiger partial charge in [0.05, 0.1) is 35.4 Å². The highest BCUT2D eigenvalue weighted by molar-refractivity contribution is 7.10. The average Bonchev–Trinajstić information content (AvgIpc) is 3.57. The van der Waals surface area contributed by atoms with Gasteiger partial charge >= 0.3 is 5.97 Å². The Morgan fingerprint density at radius 1 is 1.09 bits per heavy atom. The molecule has 4 aliphatic rings. The molecule has 6 heterocycles. The first-order valence-corrected chi connectivity index (χ1v) is 24.1. The van der Waals surface area contributed by atoms with Crippen LogP contribution in [0.15, 0.2) is 35.8 Å². The summed E-state index contributed by atoms with van der Waals surface area (Å²) in [5, 5.41) is 8.21. The highest BCUT2D eigenvalue weighted by Crippen LogP contribution is 2.47. The summed E-state index contributed by atoms with van der Waals surface area (Å²) in [5.41, 5.74) is 9.93. The van der Waals surface area contributed by atoms with Crippen molar-refractivity contribution in [3.63, 3.8) is 0 Å². The number of likely N-dealkylation sites (tertiary alicyclic amines) is 1. The molecular formula is C49H67N7O7S. The van der Waals surface area contributed by atoms with Gasteiger partial charge in [-0.1, -0.05) is 33.8 Å². The molecule has 3 aliphatic heterocycles. The second-order valence-corrected chi connectivity index (χ2v) is 20.2. The van der Waals surface area contributed by atoms with Gasteiger partial charge < -0.3 is 33.7 Å². The number of hydrogen-bond donors (Lipinski definition) is 2. The molecule has 3 fully saturated rings. The van der Waals surface area contributed by atoms with E-state index >= 15 is 0 Å². The Morgan fingerprint density at radius 2 is 1.84 bits per heavy atom. The Labute approximate surface area is 381 Å². The van der Waals surface area contributed by atoms with Crippen LogP contribution in [0.5, 0.6) is 0 Å². The van der Waals surface area contributed by atoms with Crippen molar-refractivity contribution in [3.05, 3.63) is 57.7 Å². The van der Waals surface area contributed by atoms with Crippen LogP contribution < -0.4 is 10.7 Å². The van der Waals surface area contributed by atoms with Crippen LogP contribution in [-0.4, -0.2) is 108 Å². The molecule has 6 bridgehead atoms. The van der Waals surface area contributed by atoms with E-state index < -0.39 is 35.2 Å². The summed E-state index contributed by atoms with van der Waals surface area (Å²) in [4.78, 5) is 55.1. The number of piperidine rings is 1. The highest BCUT2D eigenvalue weighted by Gasteiger charge is 2.50. The summed E-state index contributed by atoms with van der Waals surface area (Å²) in [5.74, 6) is -0.758. The molecule has 1 unspecified atom stereocenters. The second-order valence-electron chi connectivity index (χ2n) is 19.3. The molecule has 1 aliphatic carbocycles. The van der Waals surface area contributed by atoms with Crippen LogP contribution in [0.4, 0.5) is 0 Å². The number of carbonyl (C=O) groups is 3. The topological polar surface area (TPSA) is 149 Å². The van der Waals surface area contributed by atoms with E-state index in [0.717, 1.165) is 76.2 Å². The van der Waals surface area contributed by atoms with Crippen molar-refractivity contribution in [1.82, 2.24) is 35.2 Å². The Morgan fingerprint density at radius 3 is 2.52 bits per heavy atom. The molecule has 64 heavy (non-hydrogen) atoms. The zero-order valence-corrected chi connectivity index (χ0v) is 40.1. The third kappa shape index (κ3) is 8.76. The average molecular weight is 898 g/mol. The number of ether oxygens (including phenoxy) is 4. The zero-order chi connectivity index (χ0) is 45.7. The van der Waals surface area contributed by atoms with Gasteiger partial charge in [0.25, 0.3) is 5.91 Å². The number of hydrazine groups is 1. The predicted molar refractivity (Wildman–Crippen MR) is 247 cm³/mol. The van der Waals surface area contributed by atoms with Gasteiger partial charge in [-0.3, -0.25) is 24.4 Å². The lowest BCUT2D eigenvalue weighted by molar-refractivity contribution is -0.156. The van der Waals surface area contributed by atoms with Gasteiger partial charge in [0.2, 0.25) is 5.91 Å². The Bertz CT molecular complexity index is 2360. The fourth-order valence-corrected chi connectivity index (χ4v) is 11.1. The van der Waals surface area contributed by atoms with Crippen molar-refractivity contribution < 1.29 is 33.3 Å². The number of carbonyl (C=O) groups excluding carboxylic acids is 3. The molecule has 15 heteroatoms. The molecule has 2 saturated heterocycles. The first-order chi connectivity index (χ1) is 30.6. The summed E-state index contributed by atoms with van der Waals surface area (Å²) in [6.07, 6.45) is 4.16. The molecule has 3 aromatic heterocycles. The van der Waals surface area contributed by atoms with Gasteiger partial charge in [-0.15, -0.1) is 11.3 Å². The number of cyclic esters (lactones) is 1. The van der Waals surface area contributed by atoms with Gasteiger partial charge in [-0.25, -0.2) is 10.4 Å². The first-order valence-electron chi connectivity index (χ1n) is 23.2. The standard InChI is InChI=1S/C49H67N7O7S/c1-11-55-38-16-15-31-22-33(38)35(42(55)34-23-32(25-50-40(34)30(5)60-9)49(61-10)17-20-54(8)21-18-49)24-48(6,7)27-63-47(59)36-14-13-19-56(53-36)46(58)41(52-44(57)39-28(3)29(39)4)43(62-12-2)45-51-37(31)26-64-45/h15-16,22-23,25-26,28-30,36,39,41,43,53H,11-14,17-21,24,27H2,1-10H3,(H,52,57)/t28-,29+,30-,36-,39?,41-,43-/m0/s1. The van der Waals surface area contributed by atoms with E-state index in [9.17, 15) is 14.4 Å². The van der Waals surface area contributed by atoms with Crippen molar-refractivity contribution in [1.29, 1.82) is 0 Å². The number of amides is 2. The van der Waals surface area contributed by atoms with Gasteiger partial charge in [0.15, 0.2) is 0 Å². The van der Waals surface area contributed by atoms with Crippen molar-refractivity contribution in [2.75, 3.05) is 54.1 Å². The molecular weight excluding hydrogens is 831 g/mol. The first kappa shape index (κ1) is 46.3. The number of benzene rings is 1. The largest absolute Gasteiger partial charge is 0.464 e. The molecule has 7 atom stereocenters. The molecule has 0 spiro atoms. The minimum absolute atomic E-state index is 0.147. The van der Waals surface area contributed by atoms with Crippen LogP contribution in [-0.2, 0) is 51.9 Å². The van der Waals surface area contributed by atoms with Crippen molar-refractivity contribution >= 4 is 40.0 Å². The molecule has 2 amide bonds. The fourth-order valence-electron chi connectivity index (χ4n) is 10.2. The normalized spacial score (nSPS) is 26.6. The van der Waals surface area contributed by atoms with Gasteiger partial charge in [-0.2, -0.15) is 0 Å². The number of rotatable bonds is 10. The van der Waals surface area contributed by atoms with E-state index in [1.165, 1.54) is 16.3 Å². The Balaban J connectivity index is 1.31. The number of hydrogen-bond acceptors (Lipinski definition) is 12. The molecule has 4 aromatic rings. The fraction of sp³-hybridized carbons (Fsp3) is 0.612. The lowest BCUT2D eigenvalue weighted by Crippen LogP contribution is -2.61. The van der Waals surface area contributed by atoms with E-state index in [-0.39, 0.29) is 42.3 Å². The monoisotopic (exact) mass is 897 g/mol. The molecule has 1 saturated carbocycles. The SMILES string of the molecule is CCO[C@@H]1c2nc(cs2)-c2ccc3c(c2)c(c(-c2cc(C4(OC)CCN(C)CC4)cnc2[C@H](C)OC)n3CC)CC(C)(C)COC(=O)[C@@H]2CCCN(N2)C(=O)[C@H]1NC(=O)C1[C@@H](C)[C@H]1C. The third-order valence-corrected chi connectivity index (χ3v) is 15.4. The van der Waals surface area contributed by atoms with Crippen LogP contribution in [0.1, 0.15) is 108 Å². The maximum absolute atomic E-state index is 14.6. The zero-order valence-electron chi connectivity index (χ0n) is 39.3. The van der Waals surface area contributed by atoms with Crippen LogP contribution >= 0.6 is 11.3 Å². The lowest BCUT2D eigenvalue weighted by Gasteiger charge is -2.40. The number of nitrogens with one attached hydrogen (secondary N) is 2. The van der Waals surface area contributed by atoms with Crippen LogP contribution in [0.2, 0.25) is 0 Å². The van der Waals surface area contributed by atoms with Gasteiger partial charge in [0.1, 0.15) is 23.2 Å². The summed E-state index contributed by atoms with van der Waals surface area (Å²) >= 11 is 1.41. The lowest BCUT2D eigenvalue weighted by atomic mass is 9.82. The van der Waals surface area contributed by atoms with Crippen LogP contribution in [0, 0.1) is 23.2 Å². The second kappa shape index (κ2) is 18.6. The molecule has 2 N–H and O–H groups in total. The van der Waals surface area contributed by atoms with Crippen molar-refractivity contribution in [3.8, 4) is 22.5 Å². The van der Waals surface area contributed by atoms with Crippen molar-refractivity contribution in [2.45, 2.75) is 117 Å². The van der Waals surface area contributed by atoms with E-state index in [4.69, 9.17) is 28.9 Å². The van der Waals surface area contributed by atoms with E-state index in [1.54, 1.807) is 7.11 Å². The molecule has 0 radical (unpaired) electrons. The molecule has 1 aromatic carbocycles. The molecule has 14 nitrogen and oxygen atoms in total. The minimum atomic E-state index is -1.08. The predicted octanol–water partition coefficient (Wildman–Crippen LogP) is 7.21. The quantitative estimate of drug-likeness (QED) is 0.156. The highest BCUT2D eigenvalue weighted by atomic mass is 32.1. The number of esters is 1. The number of aryl methyl sites for hydroxylation is 1. The van der Waals surface area contributed by atoms with E-state index in [2.05, 4.69) is 86.1 Å². The van der Waals surface area contributed by atoms with Gasteiger partial charge in [-0.05, 0) is 95.5 Å². The van der Waals surface area contributed by atoms with Crippen molar-refractivity contribution in [2.24, 2.45) is 23.2 Å². The Hall–Kier alpha value is -4.25. The number of thiazole rings is 1. The smallest absolute Gasteiger partial charge is 0.324 e. The summed E-state index contributed by atoms with van der Waals surface area (Å²) in [6, 6.07) is 6.94. The number of fused-ring (bicyclic) bond motifs is 6. The molecule has 8 rings (SSSR count). The summed E-state index contributed by atoms with van der Waals surface area (Å²) in [6.45, 7) is 17.8. The Kier molecular flexibility index (Phi) is 13.4. The minimum Gasteiger partial charge on any atom is -0.464 e. The van der Waals surface area contributed by atoms with Gasteiger partial charge in [0, 0.05) is 97.5 Å². The summed E-state index contributed by atoms with van der Waals surface area (Å²) < 4.78 is 27.4. The number of aromatic nitrogens is 3. The van der Waals surface area contributed by atoms with E-state index in [1.807, 2.05) is 32.5 Å². The maximum Gasteiger partial charge on any atom is 0.324 e. The van der Waals surface area contributed by atoms with Crippen LogP contribution in [0.3, 0.4) is 0 Å². The number of methoxy groups -OCH3 is 2. The summed E-state index contributed by atoms with van der Waals surface area (Å²) in [7, 11) is 5.68. The molecule has 346 valence electrons. The third-order valence-electron chi connectivity index (χ3n) is 14.5. The maximum atomic E-state index is 14.6. The number of nitrogens with zero attached hydrogens (tertiary/aromatic N) is 5. The van der Waals surface area contributed by atoms with Crippen LogP contribution in [0.25, 0.3) is 33.4 Å². The number of pyridine rings is 1. The van der Waals surface area contributed by atoms with E-state index in [0.29, 0.717) is 44.0 Å².